The number of halogens is 1. The van der Waals surface area contributed by atoms with Gasteiger partial charge >= 0.3 is 5.97 Å². The predicted molar refractivity (Wildman–Crippen MR) is 47.4 cm³/mol. The van der Waals surface area contributed by atoms with E-state index < -0.39 is 0 Å². The third-order valence-electron chi connectivity index (χ3n) is 0.652. The maximum atomic E-state index is 10.6. The van der Waals surface area contributed by atoms with E-state index in [2.05, 4.69) is 22.5 Å². The summed E-state index contributed by atoms with van der Waals surface area (Å²) in [4.78, 5) is 10.6. The van der Waals surface area contributed by atoms with Crippen molar-refractivity contribution in [3.8, 4) is 0 Å². The average Bonchev–Trinajstić information content (AvgIpc) is 1.85. The van der Waals surface area contributed by atoms with E-state index in [1.807, 2.05) is 6.26 Å². The number of hydrogen-bond acceptors (Lipinski definition) is 3. The van der Waals surface area contributed by atoms with Gasteiger partial charge in [-0.25, -0.2) is 0 Å². The molecule has 0 rings (SSSR count). The topological polar surface area (TPSA) is 26.3 Å². The number of carbonyl (C=O) groups excluding carboxylic acids is 1. The van der Waals surface area contributed by atoms with E-state index in [0.717, 1.165) is 0 Å². The van der Waals surface area contributed by atoms with Gasteiger partial charge in [0.15, 0.2) is 0 Å². The first-order valence-corrected chi connectivity index (χ1v) is 4.83. The summed E-state index contributed by atoms with van der Waals surface area (Å²) in [6.07, 6.45) is 1.85. The van der Waals surface area contributed by atoms with E-state index >= 15 is 0 Å². The zero-order valence-corrected chi connectivity index (χ0v) is 8.13. The molecule has 2 nitrogen and oxygen atoms in total. The van der Waals surface area contributed by atoms with Crippen LogP contribution in [0.3, 0.4) is 0 Å². The van der Waals surface area contributed by atoms with Crippen LogP contribution in [0.4, 0.5) is 0 Å². The van der Waals surface area contributed by atoms with Crippen molar-refractivity contribution in [3.05, 3.63) is 11.1 Å². The van der Waals surface area contributed by atoms with Gasteiger partial charge in [0, 0.05) is 4.48 Å². The molecule has 4 heteroatoms. The second kappa shape index (κ2) is 5.80. The van der Waals surface area contributed by atoms with E-state index in [9.17, 15) is 4.79 Å². The Hall–Kier alpha value is 0.0400. The van der Waals surface area contributed by atoms with Gasteiger partial charge in [-0.05, 0) is 6.26 Å². The van der Waals surface area contributed by atoms with Crippen LogP contribution in [0.1, 0.15) is 0 Å². The van der Waals surface area contributed by atoms with Crippen LogP contribution in [0.25, 0.3) is 0 Å². The molecular formula is C6H9BrO2S. The van der Waals surface area contributed by atoms with Crippen LogP contribution in [0.2, 0.25) is 0 Å². The SMILES string of the molecule is C=C(Br)COC(=O)CSC. The molecule has 0 aromatic carbocycles. The number of thioether (sulfide) groups is 1. The highest BCUT2D eigenvalue weighted by atomic mass is 79.9. The Labute approximate surface area is 73.1 Å². The molecule has 58 valence electrons. The molecule has 0 aliphatic heterocycles. The molecule has 10 heavy (non-hydrogen) atoms. The summed E-state index contributed by atoms with van der Waals surface area (Å²) in [5.41, 5.74) is 0. The normalized spacial score (nSPS) is 9.00. The molecule has 0 aliphatic carbocycles. The molecule has 0 bridgehead atoms. The van der Waals surface area contributed by atoms with Gasteiger partial charge in [0.25, 0.3) is 0 Å². The molecule has 0 amide bonds. The molecule has 0 atom stereocenters. The summed E-state index contributed by atoms with van der Waals surface area (Å²) < 4.78 is 5.42. The Balaban J connectivity index is 3.30. The molecule has 0 aromatic heterocycles. The van der Waals surface area contributed by atoms with E-state index in [-0.39, 0.29) is 12.6 Å². The molecule has 0 spiro atoms. The minimum absolute atomic E-state index is 0.201. The number of rotatable bonds is 4. The van der Waals surface area contributed by atoms with Crippen molar-refractivity contribution >= 4 is 33.7 Å². The lowest BCUT2D eigenvalue weighted by Crippen LogP contribution is -2.07. The van der Waals surface area contributed by atoms with Crippen LogP contribution >= 0.6 is 27.7 Å². The number of carbonyl (C=O) groups is 1. The third kappa shape index (κ3) is 6.16. The van der Waals surface area contributed by atoms with Gasteiger partial charge in [-0.2, -0.15) is 11.8 Å². The van der Waals surface area contributed by atoms with Gasteiger partial charge in [0.05, 0.1) is 5.75 Å². The maximum Gasteiger partial charge on any atom is 0.316 e. The Morgan fingerprint density at radius 2 is 2.40 bits per heavy atom. The summed E-state index contributed by atoms with van der Waals surface area (Å²) in [5, 5.41) is 0. The molecule has 0 aromatic rings. The summed E-state index contributed by atoms with van der Waals surface area (Å²) in [7, 11) is 0. The van der Waals surface area contributed by atoms with Crippen LogP contribution in [-0.4, -0.2) is 24.6 Å². The highest BCUT2D eigenvalue weighted by Crippen LogP contribution is 2.01. The van der Waals surface area contributed by atoms with Crippen LogP contribution in [-0.2, 0) is 9.53 Å². The van der Waals surface area contributed by atoms with E-state index in [0.29, 0.717) is 10.2 Å². The zero-order chi connectivity index (χ0) is 7.98. The van der Waals surface area contributed by atoms with Crippen molar-refractivity contribution in [3.63, 3.8) is 0 Å². The van der Waals surface area contributed by atoms with E-state index in [1.54, 1.807) is 0 Å². The first-order valence-electron chi connectivity index (χ1n) is 2.64. The van der Waals surface area contributed by atoms with Crippen molar-refractivity contribution in [2.45, 2.75) is 0 Å². The average molecular weight is 225 g/mol. The standard InChI is InChI=1S/C6H9BrO2S/c1-5(7)3-9-6(8)4-10-2/h1,3-4H2,2H3. The minimum Gasteiger partial charge on any atom is -0.460 e. The van der Waals surface area contributed by atoms with Crippen LogP contribution in [0.15, 0.2) is 11.1 Å². The van der Waals surface area contributed by atoms with Crippen molar-refractivity contribution < 1.29 is 9.53 Å². The molecule has 0 unspecified atom stereocenters. The van der Waals surface area contributed by atoms with Gasteiger partial charge in [0.2, 0.25) is 0 Å². The van der Waals surface area contributed by atoms with Gasteiger partial charge in [-0.15, -0.1) is 0 Å². The number of hydrogen-bond donors (Lipinski definition) is 0. The zero-order valence-electron chi connectivity index (χ0n) is 5.72. The van der Waals surface area contributed by atoms with Crippen LogP contribution in [0, 0.1) is 0 Å². The highest BCUT2D eigenvalue weighted by molar-refractivity contribution is 9.11. The van der Waals surface area contributed by atoms with Crippen molar-refractivity contribution in [1.29, 1.82) is 0 Å². The monoisotopic (exact) mass is 224 g/mol. The van der Waals surface area contributed by atoms with Crippen molar-refractivity contribution in [2.24, 2.45) is 0 Å². The summed E-state index contributed by atoms with van der Waals surface area (Å²) in [6, 6.07) is 0. The summed E-state index contributed by atoms with van der Waals surface area (Å²) in [5.74, 6) is 0.202. The van der Waals surface area contributed by atoms with Gasteiger partial charge in [0.1, 0.15) is 6.61 Å². The molecule has 0 saturated heterocycles. The smallest absolute Gasteiger partial charge is 0.316 e. The fourth-order valence-corrected chi connectivity index (χ4v) is 0.752. The van der Waals surface area contributed by atoms with Gasteiger partial charge in [-0.1, -0.05) is 22.5 Å². The molecule has 0 saturated carbocycles. The van der Waals surface area contributed by atoms with Crippen LogP contribution in [0.5, 0.6) is 0 Å². The fourth-order valence-electron chi connectivity index (χ4n) is 0.318. The predicted octanol–water partition coefficient (Wildman–Crippen LogP) is 1.80. The molecule has 0 radical (unpaired) electrons. The lowest BCUT2D eigenvalue weighted by Gasteiger charge is -2.00. The van der Waals surface area contributed by atoms with Crippen molar-refractivity contribution in [2.75, 3.05) is 18.6 Å². The molecule has 0 fully saturated rings. The van der Waals surface area contributed by atoms with E-state index in [1.165, 1.54) is 11.8 Å². The minimum atomic E-state index is -0.201. The second-order valence-electron chi connectivity index (χ2n) is 1.61. The van der Waals surface area contributed by atoms with Gasteiger partial charge < -0.3 is 4.74 Å². The third-order valence-corrected chi connectivity index (χ3v) is 1.41. The molecule has 0 heterocycles. The molecule has 0 aliphatic rings. The Kier molecular flexibility index (Phi) is 5.82. The summed E-state index contributed by atoms with van der Waals surface area (Å²) in [6.45, 7) is 3.78. The maximum absolute atomic E-state index is 10.6. The second-order valence-corrected chi connectivity index (χ2v) is 3.60. The first-order chi connectivity index (χ1) is 4.66. The number of ether oxygens (including phenoxy) is 1. The Morgan fingerprint density at radius 3 is 2.80 bits per heavy atom. The lowest BCUT2D eigenvalue weighted by molar-refractivity contribution is -0.139. The molecular weight excluding hydrogens is 216 g/mol. The van der Waals surface area contributed by atoms with Gasteiger partial charge in [-0.3, -0.25) is 4.79 Å². The first kappa shape index (κ1) is 10.0. The van der Waals surface area contributed by atoms with Crippen molar-refractivity contribution in [1.82, 2.24) is 0 Å². The summed E-state index contributed by atoms with van der Waals surface area (Å²) >= 11 is 4.52. The van der Waals surface area contributed by atoms with Crippen LogP contribution < -0.4 is 0 Å². The largest absolute Gasteiger partial charge is 0.460 e. The number of esters is 1. The Morgan fingerprint density at radius 1 is 1.80 bits per heavy atom. The lowest BCUT2D eigenvalue weighted by atomic mass is 10.7. The van der Waals surface area contributed by atoms with E-state index in [4.69, 9.17) is 4.74 Å². The molecule has 0 N–H and O–H groups in total. The quantitative estimate of drug-likeness (QED) is 0.682. The highest BCUT2D eigenvalue weighted by Gasteiger charge is 1.99. The fraction of sp³-hybridized carbons (Fsp3) is 0.500. The Bertz CT molecular complexity index is 136.